The van der Waals surface area contributed by atoms with Crippen molar-refractivity contribution in [1.82, 2.24) is 4.98 Å². The molecule has 0 spiro atoms. The topological polar surface area (TPSA) is 74.4 Å². The molecule has 0 atom stereocenters. The molecule has 2 N–H and O–H groups in total. The van der Waals surface area contributed by atoms with Gasteiger partial charge >= 0.3 is 5.97 Å². The molecule has 0 aliphatic carbocycles. The summed E-state index contributed by atoms with van der Waals surface area (Å²) in [4.78, 5) is 15.3. The summed E-state index contributed by atoms with van der Waals surface area (Å²) >= 11 is 1.24. The molecule has 90 valence electrons. The highest BCUT2D eigenvalue weighted by Gasteiger charge is 2.18. The molecule has 0 saturated heterocycles. The number of esters is 1. The Hall–Kier alpha value is -1.14. The van der Waals surface area contributed by atoms with Crippen LogP contribution in [-0.4, -0.2) is 23.7 Å². The number of ether oxygens (including phenoxy) is 2. The average molecular weight is 244 g/mol. The maximum atomic E-state index is 11.2. The van der Waals surface area contributed by atoms with E-state index in [9.17, 15) is 4.79 Å². The molecule has 0 saturated carbocycles. The Bertz CT molecular complexity index is 382. The van der Waals surface area contributed by atoms with Gasteiger partial charge in [-0.1, -0.05) is 11.3 Å². The molecular weight excluding hydrogens is 228 g/mol. The zero-order chi connectivity index (χ0) is 12.3. The van der Waals surface area contributed by atoms with Gasteiger partial charge in [0.25, 0.3) is 0 Å². The third-order valence-electron chi connectivity index (χ3n) is 1.71. The van der Waals surface area contributed by atoms with Gasteiger partial charge in [-0.15, -0.1) is 0 Å². The molecule has 0 unspecified atom stereocenters. The first-order valence-electron chi connectivity index (χ1n) is 4.81. The lowest BCUT2D eigenvalue weighted by Gasteiger charge is -2.18. The quantitative estimate of drug-likeness (QED) is 0.821. The number of thiazole rings is 1. The highest BCUT2D eigenvalue weighted by Crippen LogP contribution is 2.23. The van der Waals surface area contributed by atoms with Crippen LogP contribution in [-0.2, 0) is 16.1 Å². The number of methoxy groups -OCH3 is 1. The smallest absolute Gasteiger partial charge is 0.359 e. The second-order valence-corrected chi connectivity index (χ2v) is 5.33. The number of anilines is 1. The first kappa shape index (κ1) is 12.9. The molecule has 0 fully saturated rings. The van der Waals surface area contributed by atoms with Gasteiger partial charge in [-0.3, -0.25) is 0 Å². The number of aromatic nitrogens is 1. The minimum atomic E-state index is -0.518. The summed E-state index contributed by atoms with van der Waals surface area (Å²) in [7, 11) is 1.30. The first-order valence-corrected chi connectivity index (χ1v) is 5.62. The Morgan fingerprint density at radius 2 is 2.12 bits per heavy atom. The van der Waals surface area contributed by atoms with Crippen LogP contribution in [0.1, 0.15) is 36.3 Å². The lowest BCUT2D eigenvalue weighted by atomic mass is 10.2. The van der Waals surface area contributed by atoms with Crippen LogP contribution in [0, 0.1) is 0 Å². The lowest BCUT2D eigenvalue weighted by molar-refractivity contribution is -0.0150. The molecule has 1 aromatic rings. The fraction of sp³-hybridized carbons (Fsp3) is 0.600. The maximum absolute atomic E-state index is 11.2. The number of carbonyl (C=O) groups excluding carboxylic acids is 1. The average Bonchev–Trinajstić information content (AvgIpc) is 2.55. The van der Waals surface area contributed by atoms with E-state index in [1.165, 1.54) is 18.4 Å². The molecular formula is C10H16N2O3S. The van der Waals surface area contributed by atoms with Crippen molar-refractivity contribution in [3.63, 3.8) is 0 Å². The van der Waals surface area contributed by atoms with E-state index in [0.29, 0.717) is 16.6 Å². The monoisotopic (exact) mass is 244 g/mol. The van der Waals surface area contributed by atoms with Crippen LogP contribution in [0.5, 0.6) is 0 Å². The number of nitrogens with zero attached hydrogens (tertiary/aromatic N) is 1. The van der Waals surface area contributed by atoms with Crippen LogP contribution in [0.15, 0.2) is 0 Å². The summed E-state index contributed by atoms with van der Waals surface area (Å²) < 4.78 is 10.1. The standard InChI is InChI=1S/C10H16N2O3S/c1-10(2,3)15-5-6-12-7(8(11)16-6)9(13)14-4/h5,11H2,1-4H3. The maximum Gasteiger partial charge on any atom is 0.359 e. The summed E-state index contributed by atoms with van der Waals surface area (Å²) in [5.41, 5.74) is 5.58. The van der Waals surface area contributed by atoms with Gasteiger partial charge in [0.05, 0.1) is 19.3 Å². The van der Waals surface area contributed by atoms with Crippen molar-refractivity contribution in [3.8, 4) is 0 Å². The fourth-order valence-electron chi connectivity index (χ4n) is 0.961. The van der Waals surface area contributed by atoms with E-state index in [1.54, 1.807) is 0 Å². The zero-order valence-corrected chi connectivity index (χ0v) is 10.7. The van der Waals surface area contributed by atoms with Gasteiger partial charge in [0.1, 0.15) is 10.0 Å². The molecule has 0 radical (unpaired) electrons. The third-order valence-corrected chi connectivity index (χ3v) is 2.56. The third kappa shape index (κ3) is 3.46. The summed E-state index contributed by atoms with van der Waals surface area (Å²) in [6.07, 6.45) is 0. The van der Waals surface area contributed by atoms with Crippen molar-refractivity contribution in [3.05, 3.63) is 10.7 Å². The Morgan fingerprint density at radius 1 is 1.50 bits per heavy atom. The van der Waals surface area contributed by atoms with Gasteiger partial charge in [0.2, 0.25) is 0 Å². The van der Waals surface area contributed by atoms with Gasteiger partial charge < -0.3 is 15.2 Å². The summed E-state index contributed by atoms with van der Waals surface area (Å²) in [5.74, 6) is -0.518. The molecule has 0 bridgehead atoms. The highest BCUT2D eigenvalue weighted by molar-refractivity contribution is 7.15. The fourth-order valence-corrected chi connectivity index (χ4v) is 1.70. The van der Waals surface area contributed by atoms with Crippen molar-refractivity contribution in [2.45, 2.75) is 33.0 Å². The summed E-state index contributed by atoms with van der Waals surface area (Å²) in [6.45, 7) is 6.19. The number of rotatable bonds is 3. The molecule has 1 aromatic heterocycles. The van der Waals surface area contributed by atoms with E-state index in [4.69, 9.17) is 10.5 Å². The predicted octanol–water partition coefficient (Wildman–Crippen LogP) is 1.83. The largest absolute Gasteiger partial charge is 0.464 e. The van der Waals surface area contributed by atoms with Crippen LogP contribution in [0.4, 0.5) is 5.00 Å². The van der Waals surface area contributed by atoms with Crippen LogP contribution >= 0.6 is 11.3 Å². The van der Waals surface area contributed by atoms with Crippen LogP contribution in [0.25, 0.3) is 0 Å². The predicted molar refractivity (Wildman–Crippen MR) is 62.4 cm³/mol. The van der Waals surface area contributed by atoms with Gasteiger partial charge in [-0.05, 0) is 20.8 Å². The van der Waals surface area contributed by atoms with Crippen molar-refractivity contribution in [2.75, 3.05) is 12.8 Å². The van der Waals surface area contributed by atoms with Crippen molar-refractivity contribution in [2.24, 2.45) is 0 Å². The van der Waals surface area contributed by atoms with Gasteiger partial charge in [0.15, 0.2) is 5.69 Å². The molecule has 16 heavy (non-hydrogen) atoms. The molecule has 1 heterocycles. The normalized spacial score (nSPS) is 11.5. The molecule has 0 aliphatic rings. The summed E-state index contributed by atoms with van der Waals surface area (Å²) in [6, 6.07) is 0. The molecule has 6 heteroatoms. The van der Waals surface area contributed by atoms with E-state index in [-0.39, 0.29) is 11.3 Å². The Morgan fingerprint density at radius 3 is 2.62 bits per heavy atom. The van der Waals surface area contributed by atoms with Crippen molar-refractivity contribution in [1.29, 1.82) is 0 Å². The lowest BCUT2D eigenvalue weighted by Crippen LogP contribution is -2.18. The molecule has 5 nitrogen and oxygen atoms in total. The minimum Gasteiger partial charge on any atom is -0.464 e. The van der Waals surface area contributed by atoms with Crippen molar-refractivity contribution < 1.29 is 14.3 Å². The van der Waals surface area contributed by atoms with Crippen molar-refractivity contribution >= 4 is 22.3 Å². The second-order valence-electron chi connectivity index (χ2n) is 4.21. The SMILES string of the molecule is COC(=O)c1nc(COC(C)(C)C)sc1N. The van der Waals surface area contributed by atoms with E-state index >= 15 is 0 Å². The first-order chi connectivity index (χ1) is 7.33. The van der Waals surface area contributed by atoms with Gasteiger partial charge in [-0.25, -0.2) is 9.78 Å². The van der Waals surface area contributed by atoms with E-state index in [2.05, 4.69) is 9.72 Å². The number of hydrogen-bond donors (Lipinski definition) is 1. The zero-order valence-electron chi connectivity index (χ0n) is 9.86. The number of hydrogen-bond acceptors (Lipinski definition) is 6. The molecule has 0 aromatic carbocycles. The van der Waals surface area contributed by atoms with Crippen LogP contribution in [0.3, 0.4) is 0 Å². The van der Waals surface area contributed by atoms with Gasteiger partial charge in [0, 0.05) is 0 Å². The van der Waals surface area contributed by atoms with Gasteiger partial charge in [-0.2, -0.15) is 0 Å². The molecule has 1 rings (SSSR count). The number of carbonyl (C=O) groups is 1. The molecule has 0 amide bonds. The highest BCUT2D eigenvalue weighted by atomic mass is 32.1. The van der Waals surface area contributed by atoms with Crippen LogP contribution < -0.4 is 5.73 Å². The van der Waals surface area contributed by atoms with E-state index in [0.717, 1.165) is 0 Å². The Balaban J connectivity index is 2.74. The van der Waals surface area contributed by atoms with E-state index in [1.807, 2.05) is 20.8 Å². The van der Waals surface area contributed by atoms with Crippen LogP contribution in [0.2, 0.25) is 0 Å². The Kier molecular flexibility index (Phi) is 3.88. The second kappa shape index (κ2) is 4.80. The van der Waals surface area contributed by atoms with E-state index < -0.39 is 5.97 Å². The number of nitrogen functional groups attached to an aromatic ring is 1. The number of nitrogens with two attached hydrogens (primary N) is 1. The summed E-state index contributed by atoms with van der Waals surface area (Å²) in [5, 5.41) is 1.03. The Labute approximate surface area is 98.6 Å². The molecule has 0 aliphatic heterocycles. The minimum absolute atomic E-state index is 0.167.